The van der Waals surface area contributed by atoms with Gasteiger partial charge in [-0.1, -0.05) is 23.2 Å². The maximum atomic E-state index is 12.8. The molecule has 1 amide bonds. The molecule has 146 valence electrons. The number of thiophene rings is 1. The first-order valence-electron chi connectivity index (χ1n) is 8.86. The third-order valence-corrected chi connectivity index (χ3v) is 6.03. The molecule has 1 aliphatic heterocycles. The molecule has 0 aliphatic carbocycles. The van der Waals surface area contributed by atoms with Crippen LogP contribution in [0.4, 0.5) is 5.82 Å². The number of nitrogens with zero attached hydrogens (tertiary/aromatic N) is 4. The van der Waals surface area contributed by atoms with Crippen LogP contribution in [-0.2, 0) is 4.79 Å². The number of amides is 1. The number of fused-ring (bicyclic) bond motifs is 1. The molecule has 1 unspecified atom stereocenters. The van der Waals surface area contributed by atoms with Crippen LogP contribution in [0.3, 0.4) is 0 Å². The zero-order chi connectivity index (χ0) is 19.7. The highest BCUT2D eigenvalue weighted by Crippen LogP contribution is 2.29. The number of piperazine rings is 1. The van der Waals surface area contributed by atoms with Crippen molar-refractivity contribution in [1.29, 1.82) is 0 Å². The predicted octanol–water partition coefficient (Wildman–Crippen LogP) is 4.11. The molecule has 0 radical (unpaired) electrons. The van der Waals surface area contributed by atoms with Gasteiger partial charge in [-0.25, -0.2) is 9.97 Å². The minimum absolute atomic E-state index is 0.0611. The molecule has 4 rings (SSSR count). The standard InChI is InChI=1S/C19H18Cl2N4O2S/c1-12(27-16-3-2-13(20)10-15(16)21)19(26)25-7-5-24(6-8-25)17-14-4-9-28-18(14)23-11-22-17/h2-4,9-12H,5-8H2,1H3. The molecule has 1 atom stereocenters. The van der Waals surface area contributed by atoms with Gasteiger partial charge in [-0.3, -0.25) is 4.79 Å². The Morgan fingerprint density at radius 2 is 1.96 bits per heavy atom. The topological polar surface area (TPSA) is 58.6 Å². The van der Waals surface area contributed by atoms with Gasteiger partial charge < -0.3 is 14.5 Å². The fraction of sp³-hybridized carbons (Fsp3) is 0.316. The van der Waals surface area contributed by atoms with Crippen molar-refractivity contribution in [3.05, 3.63) is 46.0 Å². The number of hydrogen-bond acceptors (Lipinski definition) is 6. The third-order valence-electron chi connectivity index (χ3n) is 4.68. The van der Waals surface area contributed by atoms with Crippen molar-refractivity contribution in [3.8, 4) is 5.75 Å². The summed E-state index contributed by atoms with van der Waals surface area (Å²) in [5.41, 5.74) is 0. The number of anilines is 1. The summed E-state index contributed by atoms with van der Waals surface area (Å²) in [6.45, 7) is 4.37. The lowest BCUT2D eigenvalue weighted by Gasteiger charge is -2.36. The van der Waals surface area contributed by atoms with E-state index < -0.39 is 6.10 Å². The minimum atomic E-state index is -0.632. The minimum Gasteiger partial charge on any atom is -0.479 e. The molecule has 3 aromatic rings. The first-order valence-corrected chi connectivity index (χ1v) is 10.5. The molecule has 1 aromatic carbocycles. The molecule has 2 aromatic heterocycles. The quantitative estimate of drug-likeness (QED) is 0.615. The van der Waals surface area contributed by atoms with Crippen LogP contribution in [-0.4, -0.2) is 53.1 Å². The highest BCUT2D eigenvalue weighted by molar-refractivity contribution is 7.16. The Kier molecular flexibility index (Phi) is 5.57. The Hall–Kier alpha value is -2.09. The van der Waals surface area contributed by atoms with Gasteiger partial charge in [0.2, 0.25) is 0 Å². The summed E-state index contributed by atoms with van der Waals surface area (Å²) in [5, 5.41) is 3.99. The first kappa shape index (κ1) is 19.2. The largest absolute Gasteiger partial charge is 0.479 e. The maximum Gasteiger partial charge on any atom is 0.263 e. The van der Waals surface area contributed by atoms with E-state index in [1.54, 1.807) is 42.8 Å². The van der Waals surface area contributed by atoms with Crippen LogP contribution in [0.15, 0.2) is 36.0 Å². The van der Waals surface area contributed by atoms with E-state index in [4.69, 9.17) is 27.9 Å². The summed E-state index contributed by atoms with van der Waals surface area (Å²) >= 11 is 13.6. The molecular weight excluding hydrogens is 419 g/mol. The molecule has 1 aliphatic rings. The number of rotatable bonds is 4. The van der Waals surface area contributed by atoms with E-state index in [1.165, 1.54) is 0 Å². The van der Waals surface area contributed by atoms with Crippen LogP contribution in [0, 0.1) is 0 Å². The molecule has 0 bridgehead atoms. The average molecular weight is 437 g/mol. The molecule has 0 spiro atoms. The molecule has 1 fully saturated rings. The summed E-state index contributed by atoms with van der Waals surface area (Å²) in [6, 6.07) is 7.00. The molecule has 0 saturated carbocycles. The van der Waals surface area contributed by atoms with Crippen LogP contribution in [0.25, 0.3) is 10.2 Å². The molecule has 6 nitrogen and oxygen atoms in total. The Morgan fingerprint density at radius 1 is 1.18 bits per heavy atom. The van der Waals surface area contributed by atoms with Crippen molar-refractivity contribution in [2.45, 2.75) is 13.0 Å². The Morgan fingerprint density at radius 3 is 2.71 bits per heavy atom. The van der Waals surface area contributed by atoms with E-state index >= 15 is 0 Å². The summed E-state index contributed by atoms with van der Waals surface area (Å²) in [7, 11) is 0. The second-order valence-corrected chi connectivity index (χ2v) is 8.22. The van der Waals surface area contributed by atoms with E-state index in [0.29, 0.717) is 42.0 Å². The van der Waals surface area contributed by atoms with E-state index in [-0.39, 0.29) is 5.91 Å². The van der Waals surface area contributed by atoms with Gasteiger partial charge in [-0.2, -0.15) is 0 Å². The van der Waals surface area contributed by atoms with Crippen molar-refractivity contribution < 1.29 is 9.53 Å². The summed E-state index contributed by atoms with van der Waals surface area (Å²) in [5.74, 6) is 1.32. The van der Waals surface area contributed by atoms with Crippen LogP contribution < -0.4 is 9.64 Å². The van der Waals surface area contributed by atoms with Crippen molar-refractivity contribution in [2.75, 3.05) is 31.1 Å². The van der Waals surface area contributed by atoms with Gasteiger partial charge in [0.1, 0.15) is 22.7 Å². The lowest BCUT2D eigenvalue weighted by atomic mass is 10.2. The van der Waals surface area contributed by atoms with Gasteiger partial charge in [0.25, 0.3) is 5.91 Å². The summed E-state index contributed by atoms with van der Waals surface area (Å²) in [6.07, 6.45) is 0.963. The van der Waals surface area contributed by atoms with Crippen LogP contribution in [0.1, 0.15) is 6.92 Å². The second kappa shape index (κ2) is 8.11. The van der Waals surface area contributed by atoms with Gasteiger partial charge in [0, 0.05) is 31.2 Å². The highest BCUT2D eigenvalue weighted by Gasteiger charge is 2.27. The number of benzene rings is 1. The molecule has 28 heavy (non-hydrogen) atoms. The third kappa shape index (κ3) is 3.87. The van der Waals surface area contributed by atoms with E-state index in [2.05, 4.69) is 14.9 Å². The lowest BCUT2D eigenvalue weighted by Crippen LogP contribution is -2.52. The number of halogens is 2. The van der Waals surface area contributed by atoms with Gasteiger partial charge >= 0.3 is 0 Å². The average Bonchev–Trinajstić information content (AvgIpc) is 3.18. The van der Waals surface area contributed by atoms with Crippen LogP contribution in [0.5, 0.6) is 5.75 Å². The zero-order valence-corrected chi connectivity index (χ0v) is 17.5. The van der Waals surface area contributed by atoms with Gasteiger partial charge in [-0.15, -0.1) is 11.3 Å². The molecule has 0 N–H and O–H groups in total. The molecular formula is C19H18Cl2N4O2S. The normalized spacial score (nSPS) is 15.7. The highest BCUT2D eigenvalue weighted by atomic mass is 35.5. The first-order chi connectivity index (χ1) is 13.5. The number of ether oxygens (including phenoxy) is 1. The zero-order valence-electron chi connectivity index (χ0n) is 15.1. The Balaban J connectivity index is 1.39. The molecule has 9 heteroatoms. The van der Waals surface area contributed by atoms with Crippen molar-refractivity contribution in [1.82, 2.24) is 14.9 Å². The number of carbonyl (C=O) groups excluding carboxylic acids is 1. The fourth-order valence-corrected chi connectivity index (χ4v) is 4.42. The van der Waals surface area contributed by atoms with Crippen molar-refractivity contribution in [3.63, 3.8) is 0 Å². The van der Waals surface area contributed by atoms with Gasteiger partial charge in [0.05, 0.1) is 10.4 Å². The second-order valence-electron chi connectivity index (χ2n) is 6.48. The van der Waals surface area contributed by atoms with E-state index in [1.807, 2.05) is 16.3 Å². The SMILES string of the molecule is CC(Oc1ccc(Cl)cc1Cl)C(=O)N1CCN(c2ncnc3sccc23)CC1. The predicted molar refractivity (Wildman–Crippen MR) is 113 cm³/mol. The van der Waals surface area contributed by atoms with Gasteiger partial charge in [0.15, 0.2) is 6.10 Å². The van der Waals surface area contributed by atoms with E-state index in [9.17, 15) is 4.79 Å². The van der Waals surface area contributed by atoms with E-state index in [0.717, 1.165) is 16.0 Å². The number of aromatic nitrogens is 2. The lowest BCUT2D eigenvalue weighted by molar-refractivity contribution is -0.138. The van der Waals surface area contributed by atoms with Crippen LogP contribution >= 0.6 is 34.5 Å². The van der Waals surface area contributed by atoms with Crippen LogP contribution in [0.2, 0.25) is 10.0 Å². The summed E-state index contributed by atoms with van der Waals surface area (Å²) < 4.78 is 5.76. The molecule has 1 saturated heterocycles. The monoisotopic (exact) mass is 436 g/mol. The molecule has 3 heterocycles. The number of carbonyl (C=O) groups is 1. The Labute approximate surface area is 176 Å². The van der Waals surface area contributed by atoms with Gasteiger partial charge in [-0.05, 0) is 36.6 Å². The smallest absolute Gasteiger partial charge is 0.263 e. The number of hydrogen-bond donors (Lipinski definition) is 0. The van der Waals surface area contributed by atoms with Crippen molar-refractivity contribution >= 4 is 56.5 Å². The Bertz CT molecular complexity index is 1000. The summed E-state index contributed by atoms with van der Waals surface area (Å²) in [4.78, 5) is 26.5. The fourth-order valence-electron chi connectivity index (χ4n) is 3.24. The van der Waals surface area contributed by atoms with Crippen molar-refractivity contribution in [2.24, 2.45) is 0 Å². The maximum absolute atomic E-state index is 12.8.